The molecule has 0 saturated heterocycles. The van der Waals surface area contributed by atoms with Gasteiger partial charge in [-0.25, -0.2) is 9.78 Å². The SMILES string of the molecule is CCN(CC)c1ccc(-c2csc(Nc3cccc(C(=O)O)c3)n2)cc1. The van der Waals surface area contributed by atoms with E-state index in [0.29, 0.717) is 5.69 Å². The third-order valence-electron chi connectivity index (χ3n) is 4.16. The van der Waals surface area contributed by atoms with Gasteiger partial charge in [0.15, 0.2) is 5.13 Å². The first-order valence-electron chi connectivity index (χ1n) is 8.52. The highest BCUT2D eigenvalue weighted by atomic mass is 32.1. The Morgan fingerprint density at radius 2 is 1.88 bits per heavy atom. The summed E-state index contributed by atoms with van der Waals surface area (Å²) < 4.78 is 0. The van der Waals surface area contributed by atoms with Crippen molar-refractivity contribution >= 4 is 33.8 Å². The predicted octanol–water partition coefficient (Wildman–Crippen LogP) is 5.10. The van der Waals surface area contributed by atoms with Crippen LogP contribution in [0.3, 0.4) is 0 Å². The van der Waals surface area contributed by atoms with E-state index in [1.54, 1.807) is 18.2 Å². The predicted molar refractivity (Wildman–Crippen MR) is 108 cm³/mol. The number of thiazole rings is 1. The molecular weight excluding hydrogens is 346 g/mol. The number of nitrogens with one attached hydrogen (secondary N) is 1. The molecule has 5 nitrogen and oxygen atoms in total. The summed E-state index contributed by atoms with van der Waals surface area (Å²) in [5.41, 5.74) is 4.13. The largest absolute Gasteiger partial charge is 0.478 e. The second-order valence-electron chi connectivity index (χ2n) is 5.77. The van der Waals surface area contributed by atoms with Gasteiger partial charge in [0.1, 0.15) is 0 Å². The Hall–Kier alpha value is -2.86. The lowest BCUT2D eigenvalue weighted by atomic mass is 10.1. The average molecular weight is 367 g/mol. The van der Waals surface area contributed by atoms with Gasteiger partial charge in [-0.2, -0.15) is 0 Å². The van der Waals surface area contributed by atoms with Crippen LogP contribution in [0.4, 0.5) is 16.5 Å². The quantitative estimate of drug-likeness (QED) is 0.608. The van der Waals surface area contributed by atoms with Crippen molar-refractivity contribution in [2.45, 2.75) is 13.8 Å². The molecule has 0 aliphatic rings. The Morgan fingerprint density at radius 3 is 2.54 bits per heavy atom. The van der Waals surface area contributed by atoms with Gasteiger partial charge in [0, 0.05) is 35.4 Å². The third-order valence-corrected chi connectivity index (χ3v) is 4.91. The molecule has 0 saturated carbocycles. The maximum Gasteiger partial charge on any atom is 0.335 e. The number of carboxylic acid groups (broad SMARTS) is 1. The van der Waals surface area contributed by atoms with Crippen LogP contribution in [0.25, 0.3) is 11.3 Å². The molecule has 26 heavy (non-hydrogen) atoms. The van der Waals surface area contributed by atoms with Crippen LogP contribution in [0.2, 0.25) is 0 Å². The number of aromatic carboxylic acids is 1. The molecule has 0 fully saturated rings. The van der Waals surface area contributed by atoms with E-state index in [9.17, 15) is 4.79 Å². The molecule has 3 aromatic rings. The molecule has 0 aliphatic heterocycles. The highest BCUT2D eigenvalue weighted by molar-refractivity contribution is 7.14. The number of aromatic nitrogens is 1. The van der Waals surface area contributed by atoms with Crippen molar-refractivity contribution in [3.8, 4) is 11.3 Å². The Balaban J connectivity index is 1.75. The van der Waals surface area contributed by atoms with Crippen LogP contribution in [0.15, 0.2) is 53.9 Å². The van der Waals surface area contributed by atoms with E-state index >= 15 is 0 Å². The number of anilines is 3. The first-order valence-corrected chi connectivity index (χ1v) is 9.40. The van der Waals surface area contributed by atoms with Gasteiger partial charge in [-0.1, -0.05) is 18.2 Å². The maximum absolute atomic E-state index is 11.1. The first kappa shape index (κ1) is 17.9. The van der Waals surface area contributed by atoms with Gasteiger partial charge >= 0.3 is 5.97 Å². The van der Waals surface area contributed by atoms with Gasteiger partial charge in [0.05, 0.1) is 11.3 Å². The molecule has 2 aromatic carbocycles. The van der Waals surface area contributed by atoms with E-state index in [4.69, 9.17) is 5.11 Å². The fourth-order valence-corrected chi connectivity index (χ4v) is 3.49. The first-order chi connectivity index (χ1) is 12.6. The zero-order valence-electron chi connectivity index (χ0n) is 14.8. The fraction of sp³-hybridized carbons (Fsp3) is 0.200. The lowest BCUT2D eigenvalue weighted by molar-refractivity contribution is 0.0697. The summed E-state index contributed by atoms with van der Waals surface area (Å²) in [6.07, 6.45) is 0. The second kappa shape index (κ2) is 8.01. The highest BCUT2D eigenvalue weighted by Gasteiger charge is 2.08. The monoisotopic (exact) mass is 367 g/mol. The summed E-state index contributed by atoms with van der Waals surface area (Å²) in [5.74, 6) is -0.943. The van der Waals surface area contributed by atoms with E-state index in [-0.39, 0.29) is 5.56 Å². The van der Waals surface area contributed by atoms with Crippen LogP contribution < -0.4 is 10.2 Å². The van der Waals surface area contributed by atoms with E-state index in [2.05, 4.69) is 53.3 Å². The topological polar surface area (TPSA) is 65.5 Å². The second-order valence-corrected chi connectivity index (χ2v) is 6.63. The highest BCUT2D eigenvalue weighted by Crippen LogP contribution is 2.28. The molecule has 0 amide bonds. The van der Waals surface area contributed by atoms with Gasteiger partial charge in [0.2, 0.25) is 0 Å². The van der Waals surface area contributed by atoms with Gasteiger partial charge in [-0.3, -0.25) is 0 Å². The fourth-order valence-electron chi connectivity index (χ4n) is 2.75. The Bertz CT molecular complexity index is 886. The molecule has 6 heteroatoms. The molecule has 3 rings (SSSR count). The van der Waals surface area contributed by atoms with Crippen molar-refractivity contribution in [3.63, 3.8) is 0 Å². The molecule has 134 valence electrons. The minimum Gasteiger partial charge on any atom is -0.478 e. The zero-order valence-corrected chi connectivity index (χ0v) is 15.6. The van der Waals surface area contributed by atoms with E-state index in [1.807, 2.05) is 11.4 Å². The summed E-state index contributed by atoms with van der Waals surface area (Å²) in [6, 6.07) is 15.1. The Kier molecular flexibility index (Phi) is 5.53. The lowest BCUT2D eigenvalue weighted by Gasteiger charge is -2.20. The summed E-state index contributed by atoms with van der Waals surface area (Å²) in [5, 5.41) is 15.0. The molecule has 1 heterocycles. The summed E-state index contributed by atoms with van der Waals surface area (Å²) >= 11 is 1.49. The number of carbonyl (C=O) groups is 1. The van der Waals surface area contributed by atoms with Gasteiger partial charge < -0.3 is 15.3 Å². The minimum atomic E-state index is -0.943. The zero-order chi connectivity index (χ0) is 18.5. The number of benzene rings is 2. The van der Waals surface area contributed by atoms with Crippen LogP contribution in [0.1, 0.15) is 24.2 Å². The molecule has 0 radical (unpaired) electrons. The molecule has 0 bridgehead atoms. The van der Waals surface area contributed by atoms with Crippen LogP contribution in [0.5, 0.6) is 0 Å². The lowest BCUT2D eigenvalue weighted by Crippen LogP contribution is -2.21. The maximum atomic E-state index is 11.1. The van der Waals surface area contributed by atoms with E-state index < -0.39 is 5.97 Å². The van der Waals surface area contributed by atoms with Gasteiger partial charge in [0.25, 0.3) is 0 Å². The van der Waals surface area contributed by atoms with Crippen molar-refractivity contribution in [2.75, 3.05) is 23.3 Å². The van der Waals surface area contributed by atoms with Crippen molar-refractivity contribution in [1.29, 1.82) is 0 Å². The minimum absolute atomic E-state index is 0.249. The summed E-state index contributed by atoms with van der Waals surface area (Å²) in [6.45, 7) is 6.26. The van der Waals surface area contributed by atoms with Crippen molar-refractivity contribution in [1.82, 2.24) is 4.98 Å². The van der Waals surface area contributed by atoms with E-state index in [0.717, 1.165) is 29.5 Å². The third kappa shape index (κ3) is 4.03. The van der Waals surface area contributed by atoms with Crippen LogP contribution >= 0.6 is 11.3 Å². The van der Waals surface area contributed by atoms with Crippen LogP contribution in [-0.2, 0) is 0 Å². The van der Waals surface area contributed by atoms with E-state index in [1.165, 1.54) is 17.0 Å². The Morgan fingerprint density at radius 1 is 1.15 bits per heavy atom. The molecule has 0 atom stereocenters. The molecular formula is C20H21N3O2S. The number of carboxylic acids is 1. The number of hydrogen-bond acceptors (Lipinski definition) is 5. The van der Waals surface area contributed by atoms with Crippen molar-refractivity contribution in [2.24, 2.45) is 0 Å². The molecule has 0 unspecified atom stereocenters. The molecule has 1 aromatic heterocycles. The Labute approximate surface area is 156 Å². The molecule has 0 aliphatic carbocycles. The summed E-state index contributed by atoms with van der Waals surface area (Å²) in [4.78, 5) is 18.0. The normalized spacial score (nSPS) is 10.5. The number of hydrogen-bond donors (Lipinski definition) is 2. The van der Waals surface area contributed by atoms with Crippen LogP contribution in [-0.4, -0.2) is 29.1 Å². The summed E-state index contributed by atoms with van der Waals surface area (Å²) in [7, 11) is 0. The average Bonchev–Trinajstić information content (AvgIpc) is 3.12. The van der Waals surface area contributed by atoms with Gasteiger partial charge in [-0.05, 0) is 44.2 Å². The molecule has 2 N–H and O–H groups in total. The van der Waals surface area contributed by atoms with Crippen LogP contribution in [0, 0.1) is 0 Å². The van der Waals surface area contributed by atoms with Crippen molar-refractivity contribution < 1.29 is 9.90 Å². The smallest absolute Gasteiger partial charge is 0.335 e. The van der Waals surface area contributed by atoms with Crippen molar-refractivity contribution in [3.05, 3.63) is 59.5 Å². The number of nitrogens with zero attached hydrogens (tertiary/aromatic N) is 2. The molecule has 0 spiro atoms. The standard InChI is InChI=1S/C20H21N3O2S/c1-3-23(4-2)17-10-8-14(9-11-17)18-13-26-20(22-18)21-16-7-5-6-15(12-16)19(24)25/h5-13H,3-4H2,1-2H3,(H,21,22)(H,24,25). The van der Waals surface area contributed by atoms with Gasteiger partial charge in [-0.15, -0.1) is 11.3 Å². The number of rotatable bonds is 7.